The molecule has 132 valence electrons. The molecule has 0 unspecified atom stereocenters. The maximum absolute atomic E-state index is 13.1. The van der Waals surface area contributed by atoms with Crippen LogP contribution in [-0.4, -0.2) is 40.2 Å². The van der Waals surface area contributed by atoms with E-state index in [9.17, 15) is 18.0 Å². The smallest absolute Gasteiger partial charge is 0.393 e. The van der Waals surface area contributed by atoms with Crippen molar-refractivity contribution in [3.05, 3.63) is 54.4 Å². The van der Waals surface area contributed by atoms with Crippen LogP contribution in [0.3, 0.4) is 0 Å². The van der Waals surface area contributed by atoms with E-state index < -0.39 is 24.0 Å². The lowest BCUT2D eigenvalue weighted by molar-refractivity contribution is -0.188. The number of nitrogens with zero attached hydrogens (tertiary/aromatic N) is 2. The van der Waals surface area contributed by atoms with Gasteiger partial charge in [-0.1, -0.05) is 24.3 Å². The van der Waals surface area contributed by atoms with E-state index in [1.54, 1.807) is 17.3 Å². The number of likely N-dealkylation sites (tertiary alicyclic amines) is 1. The first-order valence-electron chi connectivity index (χ1n) is 7.86. The molecule has 1 aliphatic heterocycles. The van der Waals surface area contributed by atoms with Crippen LogP contribution in [0.15, 0.2) is 48.8 Å². The first-order chi connectivity index (χ1) is 11.8. The molecule has 1 aromatic heterocycles. The number of rotatable bonds is 4. The lowest BCUT2D eigenvalue weighted by Gasteiger charge is -2.18. The minimum atomic E-state index is -4.50. The lowest BCUT2D eigenvalue weighted by atomic mass is 9.96. The maximum atomic E-state index is 13.1. The molecule has 0 amide bonds. The van der Waals surface area contributed by atoms with Gasteiger partial charge in [-0.05, 0) is 28.8 Å². The fourth-order valence-electron chi connectivity index (χ4n) is 3.24. The summed E-state index contributed by atoms with van der Waals surface area (Å²) in [4.78, 5) is 16.8. The van der Waals surface area contributed by atoms with Gasteiger partial charge in [0.1, 0.15) is 0 Å². The number of benzene rings is 1. The predicted molar refractivity (Wildman–Crippen MR) is 85.6 cm³/mol. The maximum Gasteiger partial charge on any atom is 0.393 e. The molecule has 0 bridgehead atoms. The molecule has 4 nitrogen and oxygen atoms in total. The summed E-state index contributed by atoms with van der Waals surface area (Å²) in [7, 11) is 0. The third-order valence-electron chi connectivity index (χ3n) is 4.46. The largest absolute Gasteiger partial charge is 0.481 e. The number of hydrogen-bond acceptors (Lipinski definition) is 3. The number of carboxylic acids is 1. The van der Waals surface area contributed by atoms with E-state index in [0.717, 1.165) is 16.7 Å². The Morgan fingerprint density at radius 2 is 1.96 bits per heavy atom. The second-order valence-corrected chi connectivity index (χ2v) is 6.23. The summed E-state index contributed by atoms with van der Waals surface area (Å²) in [5.74, 6) is -4.64. The quantitative estimate of drug-likeness (QED) is 0.918. The van der Waals surface area contributed by atoms with Gasteiger partial charge in [0.25, 0.3) is 0 Å². The summed E-state index contributed by atoms with van der Waals surface area (Å²) in [5, 5.41) is 9.09. The van der Waals surface area contributed by atoms with Crippen LogP contribution in [0.1, 0.15) is 5.56 Å². The Morgan fingerprint density at radius 3 is 2.56 bits per heavy atom. The van der Waals surface area contributed by atoms with Gasteiger partial charge in [0, 0.05) is 32.0 Å². The van der Waals surface area contributed by atoms with Crippen molar-refractivity contribution in [3.8, 4) is 11.1 Å². The third-order valence-corrected chi connectivity index (χ3v) is 4.46. The molecular weight excluding hydrogens is 333 g/mol. The average Bonchev–Trinajstić information content (AvgIpc) is 3.00. The minimum absolute atomic E-state index is 0.101. The second kappa shape index (κ2) is 6.84. The van der Waals surface area contributed by atoms with E-state index in [2.05, 4.69) is 4.98 Å². The summed E-state index contributed by atoms with van der Waals surface area (Å²) in [6.07, 6.45) is -1.12. The van der Waals surface area contributed by atoms with Crippen LogP contribution < -0.4 is 0 Å². The molecule has 1 aromatic carbocycles. The molecule has 0 saturated carbocycles. The normalized spacial score (nSPS) is 21.4. The third kappa shape index (κ3) is 3.99. The zero-order valence-electron chi connectivity index (χ0n) is 13.3. The fraction of sp³-hybridized carbons (Fsp3) is 0.333. The van der Waals surface area contributed by atoms with E-state index in [-0.39, 0.29) is 19.6 Å². The Hall–Kier alpha value is -2.41. The molecule has 2 heterocycles. The van der Waals surface area contributed by atoms with E-state index in [1.807, 2.05) is 36.4 Å². The highest BCUT2D eigenvalue weighted by Gasteiger charge is 2.52. The molecule has 0 aliphatic carbocycles. The van der Waals surface area contributed by atoms with Gasteiger partial charge < -0.3 is 5.11 Å². The van der Waals surface area contributed by atoms with Crippen molar-refractivity contribution >= 4 is 5.97 Å². The molecule has 7 heteroatoms. The molecule has 1 aliphatic rings. The van der Waals surface area contributed by atoms with Gasteiger partial charge in [0.15, 0.2) is 0 Å². The van der Waals surface area contributed by atoms with Crippen molar-refractivity contribution in [2.45, 2.75) is 12.7 Å². The summed E-state index contributed by atoms with van der Waals surface area (Å²) in [6.45, 7) is -0.112. The summed E-state index contributed by atoms with van der Waals surface area (Å²) >= 11 is 0. The van der Waals surface area contributed by atoms with Crippen LogP contribution in [0.25, 0.3) is 11.1 Å². The lowest BCUT2D eigenvalue weighted by Crippen LogP contribution is -2.33. The number of hydrogen-bond donors (Lipinski definition) is 1. The Kier molecular flexibility index (Phi) is 4.76. The average molecular weight is 350 g/mol. The molecule has 1 saturated heterocycles. The molecular formula is C18H17F3N2O2. The van der Waals surface area contributed by atoms with Crippen LogP contribution >= 0.6 is 0 Å². The van der Waals surface area contributed by atoms with E-state index in [4.69, 9.17) is 5.11 Å². The van der Waals surface area contributed by atoms with Crippen molar-refractivity contribution < 1.29 is 23.1 Å². The fourth-order valence-corrected chi connectivity index (χ4v) is 3.24. The van der Waals surface area contributed by atoms with Crippen molar-refractivity contribution in [2.24, 2.45) is 11.8 Å². The number of carboxylic acid groups (broad SMARTS) is 1. The zero-order valence-corrected chi connectivity index (χ0v) is 13.3. The van der Waals surface area contributed by atoms with Crippen molar-refractivity contribution in [1.82, 2.24) is 9.88 Å². The standard InChI is InChI=1S/C18H17F3N2O2/c19-18(20,21)16-11-23(10-15(16)17(24)25)9-12-3-1-4-13(7-12)14-5-2-6-22-8-14/h1-8,15-16H,9-11H2,(H,24,25)/t15-,16-/m1/s1. The minimum Gasteiger partial charge on any atom is -0.481 e. The Balaban J connectivity index is 1.76. The summed E-state index contributed by atoms with van der Waals surface area (Å²) < 4.78 is 39.2. The number of halogens is 3. The van der Waals surface area contributed by atoms with Crippen molar-refractivity contribution in [2.75, 3.05) is 13.1 Å². The number of pyridine rings is 1. The molecule has 0 spiro atoms. The first kappa shape index (κ1) is 17.4. The number of aromatic nitrogens is 1. The van der Waals surface area contributed by atoms with Gasteiger partial charge in [-0.15, -0.1) is 0 Å². The Labute approximate surface area is 142 Å². The van der Waals surface area contributed by atoms with Gasteiger partial charge in [-0.25, -0.2) is 0 Å². The van der Waals surface area contributed by atoms with E-state index in [0.29, 0.717) is 0 Å². The molecule has 25 heavy (non-hydrogen) atoms. The van der Waals surface area contributed by atoms with Crippen LogP contribution in [-0.2, 0) is 11.3 Å². The topological polar surface area (TPSA) is 53.4 Å². The first-order valence-corrected chi connectivity index (χ1v) is 7.86. The molecule has 0 radical (unpaired) electrons. The van der Waals surface area contributed by atoms with Crippen LogP contribution in [0.5, 0.6) is 0 Å². The van der Waals surface area contributed by atoms with Crippen molar-refractivity contribution in [3.63, 3.8) is 0 Å². The van der Waals surface area contributed by atoms with Crippen molar-refractivity contribution in [1.29, 1.82) is 0 Å². The van der Waals surface area contributed by atoms with E-state index >= 15 is 0 Å². The number of carbonyl (C=O) groups is 1. The van der Waals surface area contributed by atoms with Gasteiger partial charge in [-0.2, -0.15) is 13.2 Å². The van der Waals surface area contributed by atoms with Gasteiger partial charge in [0.05, 0.1) is 11.8 Å². The zero-order chi connectivity index (χ0) is 18.0. The summed E-state index contributed by atoms with van der Waals surface area (Å²) in [6, 6.07) is 11.2. The number of alkyl halides is 3. The van der Waals surface area contributed by atoms with Crippen LogP contribution in [0, 0.1) is 11.8 Å². The highest BCUT2D eigenvalue weighted by molar-refractivity contribution is 5.71. The highest BCUT2D eigenvalue weighted by Crippen LogP contribution is 2.38. The SMILES string of the molecule is O=C(O)[C@@H]1CN(Cc2cccc(-c3cccnc3)c2)C[C@H]1C(F)(F)F. The second-order valence-electron chi connectivity index (χ2n) is 6.23. The molecule has 2 aromatic rings. The Bertz CT molecular complexity index is 749. The van der Waals surface area contributed by atoms with Crippen LogP contribution in [0.2, 0.25) is 0 Å². The van der Waals surface area contributed by atoms with Gasteiger partial charge in [0.2, 0.25) is 0 Å². The Morgan fingerprint density at radius 1 is 1.20 bits per heavy atom. The van der Waals surface area contributed by atoms with Gasteiger partial charge in [-0.3, -0.25) is 14.7 Å². The molecule has 1 fully saturated rings. The molecule has 3 rings (SSSR count). The summed E-state index contributed by atoms with van der Waals surface area (Å²) in [5.41, 5.74) is 2.68. The van der Waals surface area contributed by atoms with E-state index in [1.165, 1.54) is 0 Å². The number of aliphatic carboxylic acids is 1. The molecule has 1 N–H and O–H groups in total. The van der Waals surface area contributed by atoms with Gasteiger partial charge >= 0.3 is 12.1 Å². The van der Waals surface area contributed by atoms with Crippen LogP contribution in [0.4, 0.5) is 13.2 Å². The highest BCUT2D eigenvalue weighted by atomic mass is 19.4. The molecule has 2 atom stereocenters. The predicted octanol–water partition coefficient (Wildman–Crippen LogP) is 3.44. The monoisotopic (exact) mass is 350 g/mol.